The number of amidine groups is 2. The number of rotatable bonds is 5. The number of hydrogen-bond donors (Lipinski definition) is 1. The molecule has 6 heteroatoms. The van der Waals surface area contributed by atoms with E-state index in [1.54, 1.807) is 6.21 Å². The molecule has 0 saturated carbocycles. The second kappa shape index (κ2) is 10.9. The lowest BCUT2D eigenvalue weighted by Gasteiger charge is -2.32. The van der Waals surface area contributed by atoms with E-state index in [0.29, 0.717) is 5.84 Å². The van der Waals surface area contributed by atoms with Gasteiger partial charge < -0.3 is 9.31 Å². The second-order valence-corrected chi connectivity index (χ2v) is 10.6. The van der Waals surface area contributed by atoms with Crippen molar-refractivity contribution < 1.29 is 9.31 Å². The molecule has 1 aliphatic heterocycles. The SMILES string of the molecule is CC1(C)OB(c2cccc(-c3cccc(C(N=Cc4ccccc4)=NC(=N)c4ccccc4)c3)c2)OC1(C)C. The van der Waals surface area contributed by atoms with Crippen LogP contribution in [0, 0.1) is 5.41 Å². The van der Waals surface area contributed by atoms with Gasteiger partial charge in [-0.2, -0.15) is 0 Å². The molecule has 1 aliphatic rings. The third-order valence-electron chi connectivity index (χ3n) is 7.27. The van der Waals surface area contributed by atoms with Crippen LogP contribution >= 0.6 is 0 Å². The Morgan fingerprint density at radius 2 is 1.26 bits per heavy atom. The quantitative estimate of drug-likeness (QED) is 0.187. The van der Waals surface area contributed by atoms with Gasteiger partial charge in [0.05, 0.1) is 11.2 Å². The van der Waals surface area contributed by atoms with E-state index in [4.69, 9.17) is 19.7 Å². The molecule has 5 nitrogen and oxygen atoms in total. The maximum absolute atomic E-state index is 8.61. The van der Waals surface area contributed by atoms with Crippen LogP contribution in [0.2, 0.25) is 0 Å². The van der Waals surface area contributed by atoms with Gasteiger partial charge >= 0.3 is 7.12 Å². The molecule has 0 unspecified atom stereocenters. The zero-order chi connectivity index (χ0) is 27.5. The molecule has 0 aliphatic carbocycles. The molecule has 4 aromatic carbocycles. The van der Waals surface area contributed by atoms with Crippen molar-refractivity contribution in [3.63, 3.8) is 0 Å². The van der Waals surface area contributed by atoms with E-state index < -0.39 is 18.3 Å². The highest BCUT2D eigenvalue weighted by atomic mass is 16.7. The van der Waals surface area contributed by atoms with E-state index in [9.17, 15) is 0 Å². The van der Waals surface area contributed by atoms with Crippen molar-refractivity contribution in [2.24, 2.45) is 9.98 Å². The summed E-state index contributed by atoms with van der Waals surface area (Å²) in [5.41, 5.74) is 4.73. The largest absolute Gasteiger partial charge is 0.494 e. The Bertz CT molecular complexity index is 1510. The molecular formula is C33H32BN3O2. The molecule has 5 rings (SSSR count). The summed E-state index contributed by atoms with van der Waals surface area (Å²) in [4.78, 5) is 9.36. The first-order valence-corrected chi connectivity index (χ1v) is 13.1. The van der Waals surface area contributed by atoms with Gasteiger partial charge in [-0.05, 0) is 55.9 Å². The number of aliphatic imine (C=N–C) groups is 2. The van der Waals surface area contributed by atoms with Gasteiger partial charge in [0.1, 0.15) is 0 Å². The summed E-state index contributed by atoms with van der Waals surface area (Å²) >= 11 is 0. The molecule has 0 bridgehead atoms. The van der Waals surface area contributed by atoms with Gasteiger partial charge in [0, 0.05) is 17.3 Å². The van der Waals surface area contributed by atoms with E-state index in [2.05, 4.69) is 57.0 Å². The Morgan fingerprint density at radius 3 is 1.92 bits per heavy atom. The fraction of sp³-hybridized carbons (Fsp3) is 0.182. The minimum Gasteiger partial charge on any atom is -0.399 e. The molecule has 0 radical (unpaired) electrons. The van der Waals surface area contributed by atoms with Crippen molar-refractivity contribution in [2.45, 2.75) is 38.9 Å². The fourth-order valence-corrected chi connectivity index (χ4v) is 4.29. The van der Waals surface area contributed by atoms with Gasteiger partial charge in [-0.3, -0.25) is 5.41 Å². The van der Waals surface area contributed by atoms with Crippen LogP contribution in [-0.2, 0) is 9.31 Å². The molecule has 1 saturated heterocycles. The molecule has 0 atom stereocenters. The van der Waals surface area contributed by atoms with Gasteiger partial charge in [-0.15, -0.1) is 0 Å². The van der Waals surface area contributed by atoms with Crippen molar-refractivity contribution >= 4 is 30.5 Å². The van der Waals surface area contributed by atoms with Crippen LogP contribution in [0.4, 0.5) is 0 Å². The van der Waals surface area contributed by atoms with Gasteiger partial charge in [-0.25, -0.2) is 9.98 Å². The topological polar surface area (TPSA) is 67.0 Å². The zero-order valence-corrected chi connectivity index (χ0v) is 22.8. The van der Waals surface area contributed by atoms with Crippen molar-refractivity contribution in [1.82, 2.24) is 0 Å². The lowest BCUT2D eigenvalue weighted by molar-refractivity contribution is 0.00578. The molecule has 194 valence electrons. The first-order chi connectivity index (χ1) is 18.7. The Kier molecular flexibility index (Phi) is 7.42. The summed E-state index contributed by atoms with van der Waals surface area (Å²) in [6, 6.07) is 35.7. The second-order valence-electron chi connectivity index (χ2n) is 10.6. The van der Waals surface area contributed by atoms with Crippen molar-refractivity contribution in [2.75, 3.05) is 0 Å². The summed E-state index contributed by atoms with van der Waals surface area (Å²) in [6.45, 7) is 8.24. The molecule has 1 N–H and O–H groups in total. The maximum atomic E-state index is 8.61. The Morgan fingerprint density at radius 1 is 0.692 bits per heavy atom. The van der Waals surface area contributed by atoms with E-state index in [0.717, 1.165) is 33.3 Å². The molecule has 1 heterocycles. The monoisotopic (exact) mass is 513 g/mol. The number of benzene rings is 4. The highest BCUT2D eigenvalue weighted by molar-refractivity contribution is 6.62. The molecule has 4 aromatic rings. The van der Waals surface area contributed by atoms with Crippen LogP contribution < -0.4 is 5.46 Å². The Balaban J connectivity index is 1.49. The molecule has 0 aromatic heterocycles. The highest BCUT2D eigenvalue weighted by Gasteiger charge is 2.51. The van der Waals surface area contributed by atoms with E-state index in [1.807, 2.05) is 84.9 Å². The van der Waals surface area contributed by atoms with Gasteiger partial charge in [0.15, 0.2) is 11.7 Å². The van der Waals surface area contributed by atoms with Crippen molar-refractivity contribution in [3.05, 3.63) is 126 Å². The predicted molar refractivity (Wildman–Crippen MR) is 161 cm³/mol. The summed E-state index contributed by atoms with van der Waals surface area (Å²) in [7, 11) is -0.433. The van der Waals surface area contributed by atoms with Crippen LogP contribution in [0.3, 0.4) is 0 Å². The zero-order valence-electron chi connectivity index (χ0n) is 22.8. The lowest BCUT2D eigenvalue weighted by Crippen LogP contribution is -2.41. The Hall–Kier alpha value is -4.13. The van der Waals surface area contributed by atoms with Gasteiger partial charge in [0.25, 0.3) is 0 Å². The molecule has 0 spiro atoms. The van der Waals surface area contributed by atoms with E-state index >= 15 is 0 Å². The first-order valence-electron chi connectivity index (χ1n) is 13.1. The average Bonchev–Trinajstić information content (AvgIpc) is 3.18. The third-order valence-corrected chi connectivity index (χ3v) is 7.27. The van der Waals surface area contributed by atoms with E-state index in [1.165, 1.54) is 0 Å². The molecule has 0 amide bonds. The first kappa shape index (κ1) is 26.5. The predicted octanol–water partition coefficient (Wildman–Crippen LogP) is 6.54. The van der Waals surface area contributed by atoms with Crippen LogP contribution in [0.25, 0.3) is 11.1 Å². The standard InChI is InChI=1S/C33H32BN3O2/c1-32(2)33(3,4)39-34(38-32)29-20-12-18-27(22-29)26-17-11-19-28(21-26)31(36-23-24-13-7-5-8-14-24)37-30(35)25-15-9-6-10-16-25/h5-23,35H,1-4H3. The minimum atomic E-state index is -0.433. The van der Waals surface area contributed by atoms with E-state index in [-0.39, 0.29) is 5.84 Å². The summed E-state index contributed by atoms with van der Waals surface area (Å²) in [5, 5.41) is 8.61. The summed E-state index contributed by atoms with van der Waals surface area (Å²) in [6.07, 6.45) is 1.78. The summed E-state index contributed by atoms with van der Waals surface area (Å²) < 4.78 is 12.6. The number of nitrogens with one attached hydrogen (secondary N) is 1. The average molecular weight is 513 g/mol. The fourth-order valence-electron chi connectivity index (χ4n) is 4.29. The summed E-state index contributed by atoms with van der Waals surface area (Å²) in [5.74, 6) is 0.626. The van der Waals surface area contributed by atoms with Crippen LogP contribution in [0.1, 0.15) is 44.4 Å². The molecule has 1 fully saturated rings. The van der Waals surface area contributed by atoms with Gasteiger partial charge in [0.2, 0.25) is 0 Å². The molecule has 39 heavy (non-hydrogen) atoms. The smallest absolute Gasteiger partial charge is 0.399 e. The van der Waals surface area contributed by atoms with Crippen LogP contribution in [-0.4, -0.2) is 36.2 Å². The van der Waals surface area contributed by atoms with Gasteiger partial charge in [-0.1, -0.05) is 103 Å². The lowest BCUT2D eigenvalue weighted by atomic mass is 9.78. The van der Waals surface area contributed by atoms with Crippen LogP contribution in [0.15, 0.2) is 119 Å². The van der Waals surface area contributed by atoms with Crippen LogP contribution in [0.5, 0.6) is 0 Å². The molecular weight excluding hydrogens is 481 g/mol. The third kappa shape index (κ3) is 5.98. The van der Waals surface area contributed by atoms with Crippen molar-refractivity contribution in [3.8, 4) is 11.1 Å². The Labute approximate surface area is 230 Å². The normalized spacial score (nSPS) is 16.5. The highest BCUT2D eigenvalue weighted by Crippen LogP contribution is 2.36. The maximum Gasteiger partial charge on any atom is 0.494 e. The number of nitrogens with zero attached hydrogens (tertiary/aromatic N) is 2. The minimum absolute atomic E-state index is 0.156. The van der Waals surface area contributed by atoms with Crippen molar-refractivity contribution in [1.29, 1.82) is 5.41 Å². The number of hydrogen-bond acceptors (Lipinski definition) is 3.